The van der Waals surface area contributed by atoms with Crippen LogP contribution in [0.5, 0.6) is 0 Å². The minimum absolute atomic E-state index is 0.334. The molecule has 0 amide bonds. The Kier molecular flexibility index (Phi) is 3.07. The zero-order valence-electron chi connectivity index (χ0n) is 8.45. The molecule has 1 N–H and O–H groups in total. The van der Waals surface area contributed by atoms with Crippen molar-refractivity contribution in [2.45, 2.75) is 13.0 Å². The number of halogens is 2. The molecule has 1 atom stereocenters. The maximum atomic E-state index is 13.3. The lowest BCUT2D eigenvalue weighted by atomic mass is 10.1. The Balaban J connectivity index is 2.47. The van der Waals surface area contributed by atoms with Crippen molar-refractivity contribution >= 4 is 15.9 Å². The Morgan fingerprint density at radius 2 is 2.25 bits per heavy atom. The van der Waals surface area contributed by atoms with Gasteiger partial charge in [-0.15, -0.1) is 0 Å². The van der Waals surface area contributed by atoms with Crippen LogP contribution in [0.4, 0.5) is 4.39 Å². The molecule has 0 saturated carbocycles. The molecule has 1 aromatic heterocycles. The lowest BCUT2D eigenvalue weighted by Crippen LogP contribution is -1.86. The SMILES string of the molecule is CC(O)c1cc(-c2cccc(F)c2Br)no1. The molecule has 16 heavy (non-hydrogen) atoms. The number of nitrogens with zero attached hydrogens (tertiary/aromatic N) is 1. The highest BCUT2D eigenvalue weighted by Crippen LogP contribution is 2.30. The number of hydrogen-bond donors (Lipinski definition) is 1. The molecule has 0 aliphatic rings. The summed E-state index contributed by atoms with van der Waals surface area (Å²) in [7, 11) is 0. The molecule has 0 bridgehead atoms. The lowest BCUT2D eigenvalue weighted by Gasteiger charge is -2.00. The van der Waals surface area contributed by atoms with Crippen LogP contribution in [-0.2, 0) is 0 Å². The number of benzene rings is 1. The number of aliphatic hydroxyl groups excluding tert-OH is 1. The van der Waals surface area contributed by atoms with Crippen molar-refractivity contribution in [3.05, 3.63) is 40.3 Å². The van der Waals surface area contributed by atoms with Gasteiger partial charge in [-0.05, 0) is 28.9 Å². The van der Waals surface area contributed by atoms with Crippen molar-refractivity contribution in [3.63, 3.8) is 0 Å². The molecule has 84 valence electrons. The monoisotopic (exact) mass is 285 g/mol. The maximum Gasteiger partial charge on any atom is 0.165 e. The maximum absolute atomic E-state index is 13.3. The van der Waals surface area contributed by atoms with Gasteiger partial charge in [0.05, 0.1) is 4.47 Å². The minimum atomic E-state index is -0.728. The molecule has 2 aromatic rings. The normalized spacial score (nSPS) is 12.8. The summed E-state index contributed by atoms with van der Waals surface area (Å²) < 4.78 is 18.5. The first kappa shape index (κ1) is 11.3. The zero-order valence-corrected chi connectivity index (χ0v) is 10.0. The van der Waals surface area contributed by atoms with E-state index >= 15 is 0 Å². The first-order valence-electron chi connectivity index (χ1n) is 4.68. The summed E-state index contributed by atoms with van der Waals surface area (Å²) >= 11 is 3.14. The van der Waals surface area contributed by atoms with Gasteiger partial charge in [0.25, 0.3) is 0 Å². The van der Waals surface area contributed by atoms with Gasteiger partial charge < -0.3 is 9.63 Å². The van der Waals surface area contributed by atoms with E-state index in [1.54, 1.807) is 25.1 Å². The van der Waals surface area contributed by atoms with Gasteiger partial charge in [-0.2, -0.15) is 0 Å². The molecule has 0 aliphatic heterocycles. The number of rotatable bonds is 2. The molecule has 0 aliphatic carbocycles. The fraction of sp³-hybridized carbons (Fsp3) is 0.182. The van der Waals surface area contributed by atoms with Crippen LogP contribution in [0.2, 0.25) is 0 Å². The average molecular weight is 286 g/mol. The highest BCUT2D eigenvalue weighted by atomic mass is 79.9. The quantitative estimate of drug-likeness (QED) is 0.921. The molecule has 0 spiro atoms. The van der Waals surface area contributed by atoms with Gasteiger partial charge >= 0.3 is 0 Å². The van der Waals surface area contributed by atoms with Crippen LogP contribution < -0.4 is 0 Å². The molecule has 1 heterocycles. The molecule has 0 radical (unpaired) electrons. The fourth-order valence-corrected chi connectivity index (χ4v) is 1.78. The van der Waals surface area contributed by atoms with Gasteiger partial charge in [-0.25, -0.2) is 4.39 Å². The first-order valence-corrected chi connectivity index (χ1v) is 5.48. The van der Waals surface area contributed by atoms with Crippen LogP contribution in [0.15, 0.2) is 33.3 Å². The molecule has 2 rings (SSSR count). The average Bonchev–Trinajstić information content (AvgIpc) is 2.71. The number of aromatic nitrogens is 1. The third-order valence-corrected chi connectivity index (χ3v) is 2.97. The summed E-state index contributed by atoms with van der Waals surface area (Å²) in [6, 6.07) is 6.25. The summed E-state index contributed by atoms with van der Waals surface area (Å²) in [6.07, 6.45) is -0.728. The summed E-state index contributed by atoms with van der Waals surface area (Å²) in [6.45, 7) is 1.57. The minimum Gasteiger partial charge on any atom is -0.385 e. The zero-order chi connectivity index (χ0) is 11.7. The van der Waals surface area contributed by atoms with Gasteiger partial charge in [0.2, 0.25) is 0 Å². The van der Waals surface area contributed by atoms with E-state index in [1.807, 2.05) is 0 Å². The van der Waals surface area contributed by atoms with Gasteiger partial charge in [-0.3, -0.25) is 0 Å². The predicted molar refractivity (Wildman–Crippen MR) is 60.2 cm³/mol. The van der Waals surface area contributed by atoms with E-state index in [0.29, 0.717) is 21.5 Å². The summed E-state index contributed by atoms with van der Waals surface area (Å²) in [5.41, 5.74) is 1.08. The predicted octanol–water partition coefficient (Wildman–Crippen LogP) is 3.30. The van der Waals surface area contributed by atoms with Crippen molar-refractivity contribution in [2.24, 2.45) is 0 Å². The summed E-state index contributed by atoms with van der Waals surface area (Å²) in [5, 5.41) is 13.1. The fourth-order valence-electron chi connectivity index (χ4n) is 1.31. The Morgan fingerprint density at radius 3 is 2.88 bits per heavy atom. The van der Waals surface area contributed by atoms with Gasteiger partial charge in [0.15, 0.2) is 5.76 Å². The molecule has 1 aromatic carbocycles. The highest BCUT2D eigenvalue weighted by Gasteiger charge is 2.14. The molecule has 0 saturated heterocycles. The second-order valence-electron chi connectivity index (χ2n) is 3.39. The first-order chi connectivity index (χ1) is 7.59. The van der Waals surface area contributed by atoms with Gasteiger partial charge in [-0.1, -0.05) is 17.3 Å². The van der Waals surface area contributed by atoms with Crippen LogP contribution in [0.1, 0.15) is 18.8 Å². The van der Waals surface area contributed by atoms with Crippen LogP contribution >= 0.6 is 15.9 Å². The molecular formula is C11H9BrFNO2. The van der Waals surface area contributed by atoms with E-state index in [-0.39, 0.29) is 5.82 Å². The topological polar surface area (TPSA) is 46.3 Å². The van der Waals surface area contributed by atoms with E-state index in [4.69, 9.17) is 4.52 Å². The smallest absolute Gasteiger partial charge is 0.165 e. The van der Waals surface area contributed by atoms with E-state index < -0.39 is 6.10 Å². The third kappa shape index (κ3) is 2.01. The highest BCUT2D eigenvalue weighted by molar-refractivity contribution is 9.10. The molecular weight excluding hydrogens is 277 g/mol. The summed E-state index contributed by atoms with van der Waals surface area (Å²) in [5.74, 6) is -0.00902. The van der Waals surface area contributed by atoms with Crippen LogP contribution in [0.3, 0.4) is 0 Å². The van der Waals surface area contributed by atoms with Crippen molar-refractivity contribution in [1.82, 2.24) is 5.16 Å². The Hall–Kier alpha value is -1.20. The molecule has 5 heteroatoms. The van der Waals surface area contributed by atoms with Crippen molar-refractivity contribution in [1.29, 1.82) is 0 Å². The Labute approximate surface area is 100 Å². The molecule has 0 fully saturated rings. The lowest BCUT2D eigenvalue weighted by molar-refractivity contribution is 0.158. The molecule has 3 nitrogen and oxygen atoms in total. The Bertz CT molecular complexity index is 510. The van der Waals surface area contributed by atoms with E-state index in [9.17, 15) is 9.50 Å². The third-order valence-electron chi connectivity index (χ3n) is 2.17. The van der Waals surface area contributed by atoms with Crippen LogP contribution in [-0.4, -0.2) is 10.3 Å². The van der Waals surface area contributed by atoms with E-state index in [1.165, 1.54) is 6.07 Å². The van der Waals surface area contributed by atoms with E-state index in [2.05, 4.69) is 21.1 Å². The number of hydrogen-bond acceptors (Lipinski definition) is 3. The van der Waals surface area contributed by atoms with Crippen LogP contribution in [0, 0.1) is 5.82 Å². The molecule has 1 unspecified atom stereocenters. The second-order valence-corrected chi connectivity index (χ2v) is 4.18. The standard InChI is InChI=1S/C11H9BrFNO2/c1-6(15)10-5-9(14-16-10)7-3-2-4-8(13)11(7)12/h2-6,15H,1H3. The Morgan fingerprint density at radius 1 is 1.50 bits per heavy atom. The van der Waals surface area contributed by atoms with E-state index in [0.717, 1.165) is 0 Å². The second kappa shape index (κ2) is 4.35. The van der Waals surface area contributed by atoms with Crippen molar-refractivity contribution < 1.29 is 14.0 Å². The van der Waals surface area contributed by atoms with Crippen LogP contribution in [0.25, 0.3) is 11.3 Å². The summed E-state index contributed by atoms with van der Waals surface area (Å²) in [4.78, 5) is 0. The van der Waals surface area contributed by atoms with Gasteiger partial charge in [0, 0.05) is 11.6 Å². The largest absolute Gasteiger partial charge is 0.385 e. The van der Waals surface area contributed by atoms with Crippen molar-refractivity contribution in [3.8, 4) is 11.3 Å². The van der Waals surface area contributed by atoms with Crippen molar-refractivity contribution in [2.75, 3.05) is 0 Å². The van der Waals surface area contributed by atoms with Gasteiger partial charge in [0.1, 0.15) is 17.6 Å². The number of aliphatic hydroxyl groups is 1.